The summed E-state index contributed by atoms with van der Waals surface area (Å²) in [7, 11) is 0. The smallest absolute Gasteiger partial charge is 0.0109 e. The average molecular weight is 182 g/mol. The van der Waals surface area contributed by atoms with Crippen LogP contribution in [0.4, 0.5) is 0 Å². The van der Waals surface area contributed by atoms with Crippen LogP contribution < -0.4 is 0 Å². The fourth-order valence-electron chi connectivity index (χ4n) is 1.81. The molecule has 0 radical (unpaired) electrons. The van der Waals surface area contributed by atoms with Crippen LogP contribution in [0.15, 0.2) is 43.0 Å². The molecular weight excluding hydrogens is 168 g/mol. The minimum atomic E-state index is 1.13. The zero-order chi connectivity index (χ0) is 10.1. The minimum absolute atomic E-state index is 1.13. The molecule has 2 rings (SSSR count). The Balaban J connectivity index is 2.87. The summed E-state index contributed by atoms with van der Waals surface area (Å²) in [4.78, 5) is 0. The Kier molecular flexibility index (Phi) is 2.12. The van der Waals surface area contributed by atoms with Gasteiger partial charge in [0.1, 0.15) is 0 Å². The molecule has 0 amide bonds. The van der Waals surface area contributed by atoms with Crippen LogP contribution in [0, 0.1) is 6.92 Å². The highest BCUT2D eigenvalue weighted by Crippen LogP contribution is 2.25. The van der Waals surface area contributed by atoms with Crippen molar-refractivity contribution >= 4 is 16.3 Å². The van der Waals surface area contributed by atoms with Crippen molar-refractivity contribution in [3.8, 4) is 0 Å². The summed E-state index contributed by atoms with van der Waals surface area (Å²) in [6.45, 7) is 8.20. The maximum absolute atomic E-state index is 4.02. The number of benzene rings is 2. The molecule has 0 saturated carbocycles. The highest BCUT2D eigenvalue weighted by Gasteiger charge is 2.01. The van der Waals surface area contributed by atoms with Crippen LogP contribution in [0.3, 0.4) is 0 Å². The van der Waals surface area contributed by atoms with E-state index in [-0.39, 0.29) is 0 Å². The molecule has 0 aromatic heterocycles. The summed E-state index contributed by atoms with van der Waals surface area (Å²) in [6.07, 6.45) is 0. The van der Waals surface area contributed by atoms with Crippen LogP contribution in [0.5, 0.6) is 0 Å². The van der Waals surface area contributed by atoms with Crippen molar-refractivity contribution < 1.29 is 0 Å². The summed E-state index contributed by atoms with van der Waals surface area (Å²) < 4.78 is 0. The van der Waals surface area contributed by atoms with Crippen molar-refractivity contribution in [1.29, 1.82) is 0 Å². The van der Waals surface area contributed by atoms with Crippen LogP contribution in [0.25, 0.3) is 16.3 Å². The van der Waals surface area contributed by atoms with E-state index in [9.17, 15) is 0 Å². The molecule has 0 fully saturated rings. The molecule has 0 heterocycles. The van der Waals surface area contributed by atoms with Crippen LogP contribution in [-0.2, 0) is 0 Å². The SMILES string of the molecule is C=C(C)c1cc(C)cc2ccccc12. The zero-order valence-corrected chi connectivity index (χ0v) is 8.67. The van der Waals surface area contributed by atoms with E-state index in [4.69, 9.17) is 0 Å². The highest BCUT2D eigenvalue weighted by atomic mass is 14.1. The molecule has 2 aromatic carbocycles. The summed E-state index contributed by atoms with van der Waals surface area (Å²) in [6, 6.07) is 12.9. The molecule has 0 N–H and O–H groups in total. The van der Waals surface area contributed by atoms with Gasteiger partial charge in [-0.1, -0.05) is 48.6 Å². The molecule has 0 aliphatic heterocycles. The van der Waals surface area contributed by atoms with E-state index in [0.717, 1.165) is 5.57 Å². The maximum Gasteiger partial charge on any atom is -0.0109 e. The Morgan fingerprint density at radius 1 is 1.14 bits per heavy atom. The molecule has 0 saturated heterocycles. The van der Waals surface area contributed by atoms with Crippen molar-refractivity contribution in [3.63, 3.8) is 0 Å². The maximum atomic E-state index is 4.02. The van der Waals surface area contributed by atoms with Gasteiger partial charge in [-0.25, -0.2) is 0 Å². The third kappa shape index (κ3) is 1.44. The van der Waals surface area contributed by atoms with Gasteiger partial charge in [0.15, 0.2) is 0 Å². The number of hydrogen-bond acceptors (Lipinski definition) is 0. The topological polar surface area (TPSA) is 0 Å². The molecular formula is C14H14. The lowest BCUT2D eigenvalue weighted by Crippen LogP contribution is -1.84. The van der Waals surface area contributed by atoms with Crippen molar-refractivity contribution in [2.24, 2.45) is 0 Å². The van der Waals surface area contributed by atoms with Gasteiger partial charge in [-0.05, 0) is 35.7 Å². The number of allylic oxidation sites excluding steroid dienone is 1. The van der Waals surface area contributed by atoms with Gasteiger partial charge in [-0.15, -0.1) is 0 Å². The normalized spacial score (nSPS) is 10.4. The second-order valence-corrected chi connectivity index (χ2v) is 3.81. The molecule has 14 heavy (non-hydrogen) atoms. The number of aryl methyl sites for hydroxylation is 1. The lowest BCUT2D eigenvalue weighted by Gasteiger charge is -2.07. The van der Waals surface area contributed by atoms with Crippen LogP contribution in [0.1, 0.15) is 18.1 Å². The lowest BCUT2D eigenvalue weighted by molar-refractivity contribution is 1.48. The lowest BCUT2D eigenvalue weighted by atomic mass is 9.98. The van der Waals surface area contributed by atoms with Crippen molar-refractivity contribution in [3.05, 3.63) is 54.1 Å². The van der Waals surface area contributed by atoms with E-state index in [0.29, 0.717) is 0 Å². The van der Waals surface area contributed by atoms with E-state index in [1.807, 2.05) is 0 Å². The first kappa shape index (κ1) is 9.01. The van der Waals surface area contributed by atoms with Crippen molar-refractivity contribution in [2.75, 3.05) is 0 Å². The van der Waals surface area contributed by atoms with E-state index < -0.39 is 0 Å². The number of fused-ring (bicyclic) bond motifs is 1. The first-order chi connectivity index (χ1) is 6.68. The molecule has 0 aliphatic carbocycles. The molecule has 70 valence electrons. The first-order valence-electron chi connectivity index (χ1n) is 4.84. The summed E-state index contributed by atoms with van der Waals surface area (Å²) >= 11 is 0. The van der Waals surface area contributed by atoms with Gasteiger partial charge in [0, 0.05) is 0 Å². The number of rotatable bonds is 1. The van der Waals surface area contributed by atoms with Crippen LogP contribution >= 0.6 is 0 Å². The molecule has 0 spiro atoms. The Bertz CT molecular complexity index is 492. The molecule has 0 aliphatic rings. The van der Waals surface area contributed by atoms with Gasteiger partial charge < -0.3 is 0 Å². The van der Waals surface area contributed by atoms with E-state index in [1.54, 1.807) is 0 Å². The van der Waals surface area contributed by atoms with Crippen molar-refractivity contribution in [2.45, 2.75) is 13.8 Å². The van der Waals surface area contributed by atoms with Gasteiger partial charge in [0.25, 0.3) is 0 Å². The molecule has 0 nitrogen and oxygen atoms in total. The molecule has 0 atom stereocenters. The average Bonchev–Trinajstić information content (AvgIpc) is 2.16. The number of hydrogen-bond donors (Lipinski definition) is 0. The van der Waals surface area contributed by atoms with E-state index in [2.05, 4.69) is 56.8 Å². The van der Waals surface area contributed by atoms with E-state index >= 15 is 0 Å². The third-order valence-corrected chi connectivity index (χ3v) is 2.47. The van der Waals surface area contributed by atoms with Gasteiger partial charge in [-0.3, -0.25) is 0 Å². The second-order valence-electron chi connectivity index (χ2n) is 3.81. The molecule has 0 heteroatoms. The summed E-state index contributed by atoms with van der Waals surface area (Å²) in [5.74, 6) is 0. The predicted molar refractivity (Wildman–Crippen MR) is 63.4 cm³/mol. The zero-order valence-electron chi connectivity index (χ0n) is 8.67. The van der Waals surface area contributed by atoms with Crippen LogP contribution in [0.2, 0.25) is 0 Å². The summed E-state index contributed by atoms with van der Waals surface area (Å²) in [5, 5.41) is 2.59. The Morgan fingerprint density at radius 3 is 2.57 bits per heavy atom. The van der Waals surface area contributed by atoms with Gasteiger partial charge >= 0.3 is 0 Å². The Labute approximate surface area is 84.9 Å². The highest BCUT2D eigenvalue weighted by molar-refractivity contribution is 5.93. The fraction of sp³-hybridized carbons (Fsp3) is 0.143. The quantitative estimate of drug-likeness (QED) is 0.620. The van der Waals surface area contributed by atoms with Crippen LogP contribution in [-0.4, -0.2) is 0 Å². The predicted octanol–water partition coefficient (Wildman–Crippen LogP) is 4.18. The standard InChI is InChI=1S/C14H14/c1-10(2)14-9-11(3)8-12-6-4-5-7-13(12)14/h4-9H,1H2,2-3H3. The second kappa shape index (κ2) is 3.30. The van der Waals surface area contributed by atoms with Gasteiger partial charge in [0.2, 0.25) is 0 Å². The van der Waals surface area contributed by atoms with Gasteiger partial charge in [0.05, 0.1) is 0 Å². The minimum Gasteiger partial charge on any atom is -0.0955 e. The van der Waals surface area contributed by atoms with Crippen molar-refractivity contribution in [1.82, 2.24) is 0 Å². The molecule has 0 unspecified atom stereocenters. The summed E-state index contributed by atoms with van der Waals surface area (Å²) in [5.41, 5.74) is 3.69. The molecule has 2 aromatic rings. The monoisotopic (exact) mass is 182 g/mol. The van der Waals surface area contributed by atoms with E-state index in [1.165, 1.54) is 21.9 Å². The Hall–Kier alpha value is -1.56. The Morgan fingerprint density at radius 2 is 1.86 bits per heavy atom. The first-order valence-corrected chi connectivity index (χ1v) is 4.84. The third-order valence-electron chi connectivity index (χ3n) is 2.47. The fourth-order valence-corrected chi connectivity index (χ4v) is 1.81. The van der Waals surface area contributed by atoms with Gasteiger partial charge in [-0.2, -0.15) is 0 Å². The largest absolute Gasteiger partial charge is 0.0955 e. The molecule has 0 bridgehead atoms.